The van der Waals surface area contributed by atoms with Crippen LogP contribution in [0.15, 0.2) is 155 Å². The standard InChI is InChI=1S/C23H22N2O5S.C22H21NO4S/c1-16(26)24-19-11-13-21(14-12-19)31(29,30)25-20-7-4-5-17(15-20)9-10-18-6-2-3-8-22(18)23(27)28;1-16-9-13-20(14-10-16)28(26,27)23-19-7-4-5-17(15-19)11-12-18-6-2-3-8-21(18)22(24)25/h2-8,11-15,25H,9-10H2,1H3,(H,24,26)(H,27,28);2-10,13-15,23H,11-12H2,1H3,(H,24,25). The van der Waals surface area contributed by atoms with Gasteiger partial charge in [-0.25, -0.2) is 26.4 Å². The first-order valence-electron chi connectivity index (χ1n) is 18.4. The van der Waals surface area contributed by atoms with Gasteiger partial charge in [-0.15, -0.1) is 0 Å². The molecule has 0 aliphatic rings. The molecule has 0 aliphatic heterocycles. The Labute approximate surface area is 343 Å². The lowest BCUT2D eigenvalue weighted by atomic mass is 10.00. The Morgan fingerprint density at radius 2 is 0.898 bits per heavy atom. The molecule has 0 heterocycles. The fourth-order valence-corrected chi connectivity index (χ4v) is 8.20. The van der Waals surface area contributed by atoms with E-state index in [4.69, 9.17) is 0 Å². The van der Waals surface area contributed by atoms with E-state index in [1.54, 1.807) is 103 Å². The predicted molar refractivity (Wildman–Crippen MR) is 228 cm³/mol. The van der Waals surface area contributed by atoms with E-state index in [1.807, 2.05) is 25.1 Å². The van der Waals surface area contributed by atoms with Crippen molar-refractivity contribution in [2.45, 2.75) is 49.3 Å². The van der Waals surface area contributed by atoms with Crippen LogP contribution in [0.2, 0.25) is 0 Å². The van der Waals surface area contributed by atoms with Gasteiger partial charge < -0.3 is 15.5 Å². The van der Waals surface area contributed by atoms with Crippen molar-refractivity contribution < 1.29 is 41.4 Å². The van der Waals surface area contributed by atoms with Gasteiger partial charge in [0.2, 0.25) is 5.91 Å². The number of carboxylic acids is 2. The summed E-state index contributed by atoms with van der Waals surface area (Å²) in [5, 5.41) is 21.2. The number of rotatable bonds is 15. The zero-order valence-electron chi connectivity index (χ0n) is 32.3. The summed E-state index contributed by atoms with van der Waals surface area (Å²) in [5.74, 6) is -2.16. The van der Waals surface area contributed by atoms with E-state index >= 15 is 0 Å². The zero-order chi connectivity index (χ0) is 42.6. The lowest BCUT2D eigenvalue weighted by Crippen LogP contribution is -2.13. The van der Waals surface area contributed by atoms with E-state index < -0.39 is 32.0 Å². The van der Waals surface area contributed by atoms with Crippen molar-refractivity contribution in [2.24, 2.45) is 0 Å². The summed E-state index contributed by atoms with van der Waals surface area (Å²) in [6, 6.07) is 40.4. The highest BCUT2D eigenvalue weighted by Gasteiger charge is 2.16. The number of hydrogen-bond acceptors (Lipinski definition) is 7. The topological polar surface area (TPSA) is 196 Å². The fraction of sp³-hybridized carbons (Fsp3) is 0.133. The minimum Gasteiger partial charge on any atom is -0.478 e. The largest absolute Gasteiger partial charge is 0.478 e. The molecule has 1 amide bonds. The molecule has 0 aliphatic carbocycles. The van der Waals surface area contributed by atoms with Crippen LogP contribution in [0.5, 0.6) is 0 Å². The Morgan fingerprint density at radius 1 is 0.492 bits per heavy atom. The summed E-state index contributed by atoms with van der Waals surface area (Å²) in [5.41, 5.74) is 6.21. The first kappa shape index (κ1) is 43.4. The first-order valence-corrected chi connectivity index (χ1v) is 21.4. The van der Waals surface area contributed by atoms with Gasteiger partial charge in [0, 0.05) is 24.0 Å². The van der Waals surface area contributed by atoms with Gasteiger partial charge in [-0.05, 0) is 128 Å². The molecule has 304 valence electrons. The van der Waals surface area contributed by atoms with Gasteiger partial charge >= 0.3 is 11.9 Å². The lowest BCUT2D eigenvalue weighted by Gasteiger charge is -2.11. The molecule has 59 heavy (non-hydrogen) atoms. The molecule has 12 nitrogen and oxygen atoms in total. The molecule has 6 aromatic carbocycles. The summed E-state index contributed by atoms with van der Waals surface area (Å²) >= 11 is 0. The molecule has 0 fully saturated rings. The first-order chi connectivity index (χ1) is 28.1. The van der Waals surface area contributed by atoms with Crippen molar-refractivity contribution in [1.82, 2.24) is 0 Å². The van der Waals surface area contributed by atoms with Crippen LogP contribution in [-0.4, -0.2) is 44.9 Å². The number of carboxylic acid groups (broad SMARTS) is 2. The molecule has 0 atom stereocenters. The summed E-state index contributed by atoms with van der Waals surface area (Å²) in [6.07, 6.45) is 2.23. The minimum atomic E-state index is -3.80. The predicted octanol–water partition coefficient (Wildman–Crippen LogP) is 8.21. The Morgan fingerprint density at radius 3 is 1.31 bits per heavy atom. The maximum atomic E-state index is 12.7. The number of benzene rings is 6. The van der Waals surface area contributed by atoms with Crippen LogP contribution in [0.25, 0.3) is 0 Å². The lowest BCUT2D eigenvalue weighted by molar-refractivity contribution is -0.114. The van der Waals surface area contributed by atoms with Crippen molar-refractivity contribution in [3.8, 4) is 0 Å². The van der Waals surface area contributed by atoms with Crippen molar-refractivity contribution in [1.29, 1.82) is 0 Å². The van der Waals surface area contributed by atoms with E-state index in [2.05, 4.69) is 14.8 Å². The minimum absolute atomic E-state index is 0.0717. The van der Waals surface area contributed by atoms with Gasteiger partial charge in [0.1, 0.15) is 0 Å². The third kappa shape index (κ3) is 12.6. The number of aryl methyl sites for hydroxylation is 5. The Kier molecular flexibility index (Phi) is 14.4. The molecule has 0 saturated carbocycles. The molecule has 0 radical (unpaired) electrons. The number of sulfonamides is 2. The van der Waals surface area contributed by atoms with Gasteiger partial charge in [0.05, 0.1) is 20.9 Å². The molecule has 6 aromatic rings. The number of hydrogen-bond donors (Lipinski definition) is 5. The van der Waals surface area contributed by atoms with E-state index in [0.717, 1.165) is 27.8 Å². The van der Waals surface area contributed by atoms with Crippen LogP contribution in [0.1, 0.15) is 55.5 Å². The Hall–Kier alpha value is -6.77. The van der Waals surface area contributed by atoms with E-state index in [-0.39, 0.29) is 21.3 Å². The highest BCUT2D eigenvalue weighted by Crippen LogP contribution is 2.22. The molecular formula is C45H43N3O9S2. The quantitative estimate of drug-likeness (QED) is 0.0677. The average Bonchev–Trinajstić information content (AvgIpc) is 3.20. The second-order valence-corrected chi connectivity index (χ2v) is 16.9. The molecule has 5 N–H and O–H groups in total. The highest BCUT2D eigenvalue weighted by atomic mass is 32.2. The van der Waals surface area contributed by atoms with Crippen LogP contribution in [0.4, 0.5) is 17.1 Å². The maximum absolute atomic E-state index is 12.7. The van der Waals surface area contributed by atoms with Crippen LogP contribution in [0.3, 0.4) is 0 Å². The van der Waals surface area contributed by atoms with Crippen molar-refractivity contribution >= 4 is 55.0 Å². The summed E-state index contributed by atoms with van der Waals surface area (Å²) < 4.78 is 55.6. The van der Waals surface area contributed by atoms with Gasteiger partial charge in [0.25, 0.3) is 20.0 Å². The van der Waals surface area contributed by atoms with Gasteiger partial charge in [-0.3, -0.25) is 14.2 Å². The van der Waals surface area contributed by atoms with Gasteiger partial charge in [-0.2, -0.15) is 0 Å². The summed E-state index contributed by atoms with van der Waals surface area (Å²) in [4.78, 5) is 34.0. The van der Waals surface area contributed by atoms with Crippen LogP contribution < -0.4 is 14.8 Å². The molecule has 0 unspecified atom stereocenters. The molecule has 0 spiro atoms. The van der Waals surface area contributed by atoms with Crippen molar-refractivity contribution in [2.75, 3.05) is 14.8 Å². The highest BCUT2D eigenvalue weighted by molar-refractivity contribution is 7.93. The number of anilines is 3. The fourth-order valence-electron chi connectivity index (χ4n) is 6.10. The SMILES string of the molecule is CC(=O)Nc1ccc(S(=O)(=O)Nc2cccc(CCc3ccccc3C(=O)O)c2)cc1.Cc1ccc(S(=O)(=O)Nc2cccc(CCc3ccccc3C(=O)O)c2)cc1. The zero-order valence-corrected chi connectivity index (χ0v) is 33.9. The second-order valence-electron chi connectivity index (χ2n) is 13.6. The smallest absolute Gasteiger partial charge is 0.335 e. The summed E-state index contributed by atoms with van der Waals surface area (Å²) in [6.45, 7) is 3.27. The summed E-state index contributed by atoms with van der Waals surface area (Å²) in [7, 11) is -7.46. The Bertz CT molecular complexity index is 2670. The van der Waals surface area contributed by atoms with Crippen LogP contribution in [-0.2, 0) is 50.5 Å². The van der Waals surface area contributed by atoms with Crippen LogP contribution >= 0.6 is 0 Å². The molecule has 0 aromatic heterocycles. The third-order valence-corrected chi connectivity index (χ3v) is 11.8. The maximum Gasteiger partial charge on any atom is 0.335 e. The van der Waals surface area contributed by atoms with E-state index in [9.17, 15) is 41.4 Å². The van der Waals surface area contributed by atoms with Crippen molar-refractivity contribution in [3.05, 3.63) is 185 Å². The van der Waals surface area contributed by atoms with E-state index in [0.29, 0.717) is 48.3 Å². The number of aromatic carboxylic acids is 2. The average molecular weight is 834 g/mol. The van der Waals surface area contributed by atoms with Crippen LogP contribution in [0, 0.1) is 6.92 Å². The molecular weight excluding hydrogens is 791 g/mol. The molecule has 0 saturated heterocycles. The molecule has 6 rings (SSSR count). The third-order valence-electron chi connectivity index (χ3n) is 9.04. The van der Waals surface area contributed by atoms with Gasteiger partial charge in [0.15, 0.2) is 0 Å². The number of nitrogens with one attached hydrogen (secondary N) is 3. The second kappa shape index (κ2) is 19.6. The number of carbonyl (C=O) groups excluding carboxylic acids is 1. The molecule has 14 heteroatoms. The number of carbonyl (C=O) groups is 3. The normalized spacial score (nSPS) is 11.1. The Balaban J connectivity index is 0.000000225. The van der Waals surface area contributed by atoms with Crippen molar-refractivity contribution in [3.63, 3.8) is 0 Å². The number of amides is 1. The van der Waals surface area contributed by atoms with Gasteiger partial charge in [-0.1, -0.05) is 78.4 Å². The van der Waals surface area contributed by atoms with E-state index in [1.165, 1.54) is 31.2 Å². The monoisotopic (exact) mass is 833 g/mol. The molecule has 0 bridgehead atoms.